The summed E-state index contributed by atoms with van der Waals surface area (Å²) in [5.41, 5.74) is 6.11. The summed E-state index contributed by atoms with van der Waals surface area (Å²) in [6.45, 7) is 0.389. The van der Waals surface area contributed by atoms with E-state index in [4.69, 9.17) is 10.5 Å². The Balaban J connectivity index is 0.00000200. The summed E-state index contributed by atoms with van der Waals surface area (Å²) in [4.78, 5) is 22.7. The molecule has 1 aromatic carbocycles. The van der Waals surface area contributed by atoms with Crippen molar-refractivity contribution in [1.29, 1.82) is 0 Å². The maximum Gasteiger partial charge on any atom is 0.239 e. The average molecular weight is 300 g/mol. The molecule has 0 radical (unpaired) electrons. The van der Waals surface area contributed by atoms with Gasteiger partial charge < -0.3 is 21.1 Å². The fraction of sp³-hybridized carbons (Fsp3) is 0.385. The van der Waals surface area contributed by atoms with Gasteiger partial charge in [-0.05, 0) is 6.07 Å². The summed E-state index contributed by atoms with van der Waals surface area (Å²) in [5.74, 6) is 0.219. The van der Waals surface area contributed by atoms with Crippen molar-refractivity contribution in [2.24, 2.45) is 5.73 Å². The number of nitrogens with two attached hydrogens (primary N) is 1. The molecular formula is C13H18ClN3O3. The van der Waals surface area contributed by atoms with Gasteiger partial charge in [0.1, 0.15) is 5.75 Å². The number of rotatable bonds is 4. The van der Waals surface area contributed by atoms with E-state index < -0.39 is 0 Å². The summed E-state index contributed by atoms with van der Waals surface area (Å²) in [6, 6.07) is 7.53. The van der Waals surface area contributed by atoms with Crippen molar-refractivity contribution in [2.75, 3.05) is 19.7 Å². The van der Waals surface area contributed by atoms with Crippen LogP contribution in [0.25, 0.3) is 0 Å². The fourth-order valence-corrected chi connectivity index (χ4v) is 1.99. The Morgan fingerprint density at radius 3 is 2.80 bits per heavy atom. The maximum absolute atomic E-state index is 11.7. The first-order valence-corrected chi connectivity index (χ1v) is 6.18. The first-order chi connectivity index (χ1) is 9.20. The minimum absolute atomic E-state index is 0. The number of ether oxygens (including phenoxy) is 1. The van der Waals surface area contributed by atoms with Crippen molar-refractivity contribution in [3.63, 3.8) is 0 Å². The van der Waals surface area contributed by atoms with Crippen LogP contribution in [0.3, 0.4) is 0 Å². The predicted molar refractivity (Wildman–Crippen MR) is 76.7 cm³/mol. The van der Waals surface area contributed by atoms with Crippen LogP contribution in [0.15, 0.2) is 24.3 Å². The van der Waals surface area contributed by atoms with Crippen molar-refractivity contribution < 1.29 is 14.3 Å². The summed E-state index contributed by atoms with van der Waals surface area (Å²) in [6.07, 6.45) is 0.716. The molecule has 20 heavy (non-hydrogen) atoms. The Morgan fingerprint density at radius 2 is 2.05 bits per heavy atom. The standard InChI is InChI=1S/C13H17N3O3.ClH/c14-7-12(17)15-8-13(18)16-10-5-6-19-11-4-2-1-3-9(10)11;/h1-4,10H,5-8,14H2,(H,15,17)(H,16,18);1H. The first kappa shape index (κ1) is 16.3. The Hall–Kier alpha value is -1.79. The zero-order valence-electron chi connectivity index (χ0n) is 10.9. The lowest BCUT2D eigenvalue weighted by atomic mass is 10.0. The van der Waals surface area contributed by atoms with E-state index in [1.54, 1.807) is 0 Å². The maximum atomic E-state index is 11.7. The summed E-state index contributed by atoms with van der Waals surface area (Å²) >= 11 is 0. The molecular weight excluding hydrogens is 282 g/mol. The van der Waals surface area contributed by atoms with Gasteiger partial charge in [0.05, 0.1) is 25.7 Å². The Kier molecular flexibility index (Phi) is 6.27. The predicted octanol–water partition coefficient (Wildman–Crippen LogP) is 0.123. The highest BCUT2D eigenvalue weighted by Gasteiger charge is 2.22. The second-order valence-electron chi connectivity index (χ2n) is 4.28. The molecule has 0 aromatic heterocycles. The summed E-state index contributed by atoms with van der Waals surface area (Å²) in [7, 11) is 0. The number of fused-ring (bicyclic) bond motifs is 1. The number of carbonyl (C=O) groups is 2. The number of nitrogens with one attached hydrogen (secondary N) is 2. The molecule has 6 nitrogen and oxygen atoms in total. The lowest BCUT2D eigenvalue weighted by Crippen LogP contribution is -2.41. The van der Waals surface area contributed by atoms with Gasteiger partial charge in [-0.2, -0.15) is 0 Å². The molecule has 0 aliphatic carbocycles. The number of carbonyl (C=O) groups excluding carboxylic acids is 2. The van der Waals surface area contributed by atoms with E-state index in [1.807, 2.05) is 24.3 Å². The fourth-order valence-electron chi connectivity index (χ4n) is 1.99. The Labute approximate surface area is 123 Å². The van der Waals surface area contributed by atoms with Gasteiger partial charge in [-0.3, -0.25) is 9.59 Å². The van der Waals surface area contributed by atoms with Gasteiger partial charge in [0.15, 0.2) is 0 Å². The van der Waals surface area contributed by atoms with Crippen LogP contribution in [-0.4, -0.2) is 31.5 Å². The van der Waals surface area contributed by atoms with Gasteiger partial charge >= 0.3 is 0 Å². The van der Waals surface area contributed by atoms with Gasteiger partial charge in [-0.15, -0.1) is 12.4 Å². The number of hydrogen-bond acceptors (Lipinski definition) is 4. The Morgan fingerprint density at radius 1 is 1.30 bits per heavy atom. The van der Waals surface area contributed by atoms with Crippen LogP contribution in [0, 0.1) is 0 Å². The molecule has 7 heteroatoms. The van der Waals surface area contributed by atoms with Crippen LogP contribution in [0.2, 0.25) is 0 Å². The largest absolute Gasteiger partial charge is 0.493 e. The summed E-state index contributed by atoms with van der Waals surface area (Å²) in [5, 5.41) is 5.32. The zero-order valence-corrected chi connectivity index (χ0v) is 11.7. The molecule has 0 saturated heterocycles. The molecule has 0 saturated carbocycles. The van der Waals surface area contributed by atoms with E-state index in [0.717, 1.165) is 11.3 Å². The molecule has 2 rings (SSSR count). The van der Waals surface area contributed by atoms with E-state index in [2.05, 4.69) is 10.6 Å². The number of amides is 2. The second-order valence-corrected chi connectivity index (χ2v) is 4.28. The van der Waals surface area contributed by atoms with Crippen LogP contribution in [0.4, 0.5) is 0 Å². The average Bonchev–Trinajstić information content (AvgIpc) is 2.45. The SMILES string of the molecule is Cl.NCC(=O)NCC(=O)NC1CCOc2ccccc21. The van der Waals surface area contributed by atoms with Crippen LogP contribution in [-0.2, 0) is 9.59 Å². The monoisotopic (exact) mass is 299 g/mol. The molecule has 2 amide bonds. The van der Waals surface area contributed by atoms with Crippen molar-refractivity contribution in [1.82, 2.24) is 10.6 Å². The highest BCUT2D eigenvalue weighted by molar-refractivity contribution is 5.86. The first-order valence-electron chi connectivity index (χ1n) is 6.18. The van der Waals surface area contributed by atoms with E-state index in [0.29, 0.717) is 13.0 Å². The highest BCUT2D eigenvalue weighted by atomic mass is 35.5. The number of hydrogen-bond donors (Lipinski definition) is 3. The lowest BCUT2D eigenvalue weighted by molar-refractivity contribution is -0.125. The third kappa shape index (κ3) is 4.11. The van der Waals surface area contributed by atoms with Gasteiger partial charge in [-0.1, -0.05) is 18.2 Å². The van der Waals surface area contributed by atoms with E-state index in [-0.39, 0.29) is 43.4 Å². The number of benzene rings is 1. The normalized spacial score (nSPS) is 16.1. The molecule has 1 unspecified atom stereocenters. The molecule has 4 N–H and O–H groups in total. The molecule has 0 fully saturated rings. The van der Waals surface area contributed by atoms with E-state index in [9.17, 15) is 9.59 Å². The quantitative estimate of drug-likeness (QED) is 0.736. The molecule has 1 heterocycles. The van der Waals surface area contributed by atoms with Gasteiger partial charge in [0.25, 0.3) is 0 Å². The number of para-hydroxylation sites is 1. The zero-order chi connectivity index (χ0) is 13.7. The number of halogens is 1. The lowest BCUT2D eigenvalue weighted by Gasteiger charge is -2.26. The third-order valence-electron chi connectivity index (χ3n) is 2.93. The van der Waals surface area contributed by atoms with Crippen molar-refractivity contribution in [3.05, 3.63) is 29.8 Å². The molecule has 110 valence electrons. The highest BCUT2D eigenvalue weighted by Crippen LogP contribution is 2.31. The molecule has 1 aliphatic rings. The van der Waals surface area contributed by atoms with Gasteiger partial charge in [-0.25, -0.2) is 0 Å². The van der Waals surface area contributed by atoms with Crippen LogP contribution in [0.1, 0.15) is 18.0 Å². The van der Waals surface area contributed by atoms with Crippen molar-refractivity contribution >= 4 is 24.2 Å². The van der Waals surface area contributed by atoms with Gasteiger partial charge in [0.2, 0.25) is 11.8 Å². The molecule has 0 bridgehead atoms. The van der Waals surface area contributed by atoms with Crippen LogP contribution in [0.5, 0.6) is 5.75 Å². The minimum atomic E-state index is -0.345. The molecule has 0 spiro atoms. The van der Waals surface area contributed by atoms with Gasteiger partial charge in [0, 0.05) is 12.0 Å². The summed E-state index contributed by atoms with van der Waals surface area (Å²) < 4.78 is 5.51. The molecule has 1 aromatic rings. The van der Waals surface area contributed by atoms with E-state index >= 15 is 0 Å². The minimum Gasteiger partial charge on any atom is -0.493 e. The second kappa shape index (κ2) is 7.72. The van der Waals surface area contributed by atoms with Crippen molar-refractivity contribution in [2.45, 2.75) is 12.5 Å². The van der Waals surface area contributed by atoms with E-state index in [1.165, 1.54) is 0 Å². The van der Waals surface area contributed by atoms with Crippen LogP contribution < -0.4 is 21.1 Å². The third-order valence-corrected chi connectivity index (χ3v) is 2.93. The Bertz CT molecular complexity index is 482. The smallest absolute Gasteiger partial charge is 0.239 e. The molecule has 1 aliphatic heterocycles. The van der Waals surface area contributed by atoms with Crippen molar-refractivity contribution in [3.8, 4) is 5.75 Å². The van der Waals surface area contributed by atoms with Crippen LogP contribution >= 0.6 is 12.4 Å². The molecule has 1 atom stereocenters. The topological polar surface area (TPSA) is 93.5 Å².